The Morgan fingerprint density at radius 2 is 2.05 bits per heavy atom. The van der Waals surface area contributed by atoms with Crippen LogP contribution in [0.25, 0.3) is 0 Å². The van der Waals surface area contributed by atoms with Crippen LogP contribution in [0, 0.1) is 0 Å². The predicted octanol–water partition coefficient (Wildman–Crippen LogP) is 1.56. The van der Waals surface area contributed by atoms with Crippen molar-refractivity contribution >= 4 is 21.6 Å². The molecule has 0 aliphatic carbocycles. The maximum Gasteiger partial charge on any atom is 0.242 e. The molecule has 2 N–H and O–H groups in total. The Hall–Kier alpha value is -2.25. The number of benzene rings is 1. The van der Waals surface area contributed by atoms with Crippen molar-refractivity contribution in [2.75, 3.05) is 11.9 Å². The van der Waals surface area contributed by atoms with E-state index < -0.39 is 15.9 Å². The Labute approximate surface area is 129 Å². The largest absolute Gasteiger partial charge is 0.325 e. The van der Waals surface area contributed by atoms with E-state index >= 15 is 0 Å². The molecule has 116 valence electrons. The summed E-state index contributed by atoms with van der Waals surface area (Å²) in [7, 11) is -3.73. The number of pyridine rings is 1. The quantitative estimate of drug-likeness (QED) is 0.846. The summed E-state index contributed by atoms with van der Waals surface area (Å²) in [4.78, 5) is 15.6. The smallest absolute Gasteiger partial charge is 0.242 e. The fourth-order valence-electron chi connectivity index (χ4n) is 1.82. The highest BCUT2D eigenvalue weighted by Crippen LogP contribution is 2.11. The highest BCUT2D eigenvalue weighted by Gasteiger charge is 2.15. The molecule has 0 atom stereocenters. The minimum absolute atomic E-state index is 0.0239. The second kappa shape index (κ2) is 7.15. The van der Waals surface area contributed by atoms with E-state index in [1.165, 1.54) is 24.5 Å². The molecular formula is C15H17N3O3S. The molecule has 0 aliphatic heterocycles. The lowest BCUT2D eigenvalue weighted by Gasteiger charge is -2.08. The standard InChI is InChI=1S/C15H17N3O3S/c1-2-12-5-3-6-13(9-12)18-15(19)11-17-22(20,21)14-7-4-8-16-10-14/h3-10,17H,2,11H2,1H3,(H,18,19). The topological polar surface area (TPSA) is 88.2 Å². The van der Waals surface area contributed by atoms with Crippen LogP contribution in [0.2, 0.25) is 0 Å². The number of anilines is 1. The number of aromatic nitrogens is 1. The molecule has 1 amide bonds. The first kappa shape index (κ1) is 16.1. The Morgan fingerprint density at radius 3 is 2.73 bits per heavy atom. The highest BCUT2D eigenvalue weighted by atomic mass is 32.2. The number of amides is 1. The number of carbonyl (C=O) groups is 1. The van der Waals surface area contributed by atoms with E-state index in [1.807, 2.05) is 25.1 Å². The minimum atomic E-state index is -3.73. The van der Waals surface area contributed by atoms with Crippen molar-refractivity contribution in [3.05, 3.63) is 54.4 Å². The molecule has 0 aliphatic rings. The van der Waals surface area contributed by atoms with E-state index in [0.717, 1.165) is 12.0 Å². The van der Waals surface area contributed by atoms with E-state index in [2.05, 4.69) is 15.0 Å². The van der Waals surface area contributed by atoms with Crippen LogP contribution in [0.1, 0.15) is 12.5 Å². The number of hydrogen-bond donors (Lipinski definition) is 2. The Kier molecular flexibility index (Phi) is 5.24. The van der Waals surface area contributed by atoms with E-state index in [4.69, 9.17) is 0 Å². The summed E-state index contributed by atoms with van der Waals surface area (Å²) < 4.78 is 26.2. The highest BCUT2D eigenvalue weighted by molar-refractivity contribution is 7.89. The van der Waals surface area contributed by atoms with Gasteiger partial charge in [0, 0.05) is 18.1 Å². The molecule has 0 bridgehead atoms. The lowest BCUT2D eigenvalue weighted by molar-refractivity contribution is -0.115. The Morgan fingerprint density at radius 1 is 1.23 bits per heavy atom. The van der Waals surface area contributed by atoms with Gasteiger partial charge >= 0.3 is 0 Å². The SMILES string of the molecule is CCc1cccc(NC(=O)CNS(=O)(=O)c2cccnc2)c1. The number of nitrogens with one attached hydrogen (secondary N) is 2. The third-order valence-electron chi connectivity index (χ3n) is 2.99. The summed E-state index contributed by atoms with van der Waals surface area (Å²) >= 11 is 0. The summed E-state index contributed by atoms with van der Waals surface area (Å²) in [6.45, 7) is 1.68. The molecule has 1 heterocycles. The van der Waals surface area contributed by atoms with Gasteiger partial charge in [-0.1, -0.05) is 19.1 Å². The van der Waals surface area contributed by atoms with Gasteiger partial charge in [-0.3, -0.25) is 9.78 Å². The molecule has 6 nitrogen and oxygen atoms in total. The molecule has 0 saturated carbocycles. The molecule has 0 unspecified atom stereocenters. The van der Waals surface area contributed by atoms with Crippen LogP contribution in [-0.4, -0.2) is 25.9 Å². The lowest BCUT2D eigenvalue weighted by atomic mass is 10.1. The maximum atomic E-state index is 12.0. The van der Waals surface area contributed by atoms with Crippen LogP contribution >= 0.6 is 0 Å². The average Bonchev–Trinajstić information content (AvgIpc) is 2.54. The van der Waals surface area contributed by atoms with Crippen molar-refractivity contribution in [3.63, 3.8) is 0 Å². The number of rotatable bonds is 6. The van der Waals surface area contributed by atoms with Gasteiger partial charge in [-0.25, -0.2) is 13.1 Å². The number of sulfonamides is 1. The van der Waals surface area contributed by atoms with Gasteiger partial charge in [0.25, 0.3) is 0 Å². The molecular weight excluding hydrogens is 302 g/mol. The number of nitrogens with zero attached hydrogens (tertiary/aromatic N) is 1. The second-order valence-corrected chi connectivity index (χ2v) is 6.38. The average molecular weight is 319 g/mol. The van der Waals surface area contributed by atoms with Crippen LogP contribution in [0.4, 0.5) is 5.69 Å². The first-order valence-corrected chi connectivity index (χ1v) is 8.28. The molecule has 1 aromatic carbocycles. The second-order valence-electron chi connectivity index (χ2n) is 4.62. The zero-order valence-corrected chi connectivity index (χ0v) is 12.9. The fourth-order valence-corrected chi connectivity index (χ4v) is 2.77. The third kappa shape index (κ3) is 4.37. The molecule has 0 spiro atoms. The van der Waals surface area contributed by atoms with Gasteiger partial charge in [0.2, 0.25) is 15.9 Å². The molecule has 0 radical (unpaired) electrons. The van der Waals surface area contributed by atoms with Crippen LogP contribution in [0.3, 0.4) is 0 Å². The molecule has 0 saturated heterocycles. The summed E-state index contributed by atoms with van der Waals surface area (Å²) in [6, 6.07) is 10.3. The van der Waals surface area contributed by atoms with Gasteiger partial charge in [0.05, 0.1) is 6.54 Å². The summed E-state index contributed by atoms with van der Waals surface area (Å²) in [6.07, 6.45) is 3.56. The minimum Gasteiger partial charge on any atom is -0.325 e. The molecule has 2 aromatic rings. The first-order chi connectivity index (χ1) is 10.5. The van der Waals surface area contributed by atoms with Crippen molar-refractivity contribution in [1.29, 1.82) is 0 Å². The van der Waals surface area contributed by atoms with Crippen molar-refractivity contribution < 1.29 is 13.2 Å². The van der Waals surface area contributed by atoms with Gasteiger partial charge in [0.15, 0.2) is 0 Å². The number of hydrogen-bond acceptors (Lipinski definition) is 4. The van der Waals surface area contributed by atoms with Crippen molar-refractivity contribution in [1.82, 2.24) is 9.71 Å². The third-order valence-corrected chi connectivity index (χ3v) is 4.37. The summed E-state index contributed by atoms with van der Waals surface area (Å²) in [5.74, 6) is -0.430. The Balaban J connectivity index is 1.95. The van der Waals surface area contributed by atoms with Crippen molar-refractivity contribution in [2.45, 2.75) is 18.2 Å². The van der Waals surface area contributed by atoms with E-state index in [0.29, 0.717) is 5.69 Å². The van der Waals surface area contributed by atoms with Crippen molar-refractivity contribution in [3.8, 4) is 0 Å². The van der Waals surface area contributed by atoms with E-state index in [-0.39, 0.29) is 11.4 Å². The summed E-state index contributed by atoms with van der Waals surface area (Å²) in [5.41, 5.74) is 1.73. The van der Waals surface area contributed by atoms with Crippen LogP contribution in [0.5, 0.6) is 0 Å². The molecule has 0 fully saturated rings. The monoisotopic (exact) mass is 319 g/mol. The van der Waals surface area contributed by atoms with Crippen LogP contribution in [0.15, 0.2) is 53.7 Å². The fraction of sp³-hybridized carbons (Fsp3) is 0.200. The zero-order valence-electron chi connectivity index (χ0n) is 12.1. The first-order valence-electron chi connectivity index (χ1n) is 6.80. The number of aryl methyl sites for hydroxylation is 1. The van der Waals surface area contributed by atoms with Crippen LogP contribution < -0.4 is 10.0 Å². The van der Waals surface area contributed by atoms with Gasteiger partial charge in [-0.05, 0) is 36.2 Å². The van der Waals surface area contributed by atoms with Gasteiger partial charge < -0.3 is 5.32 Å². The predicted molar refractivity (Wildman–Crippen MR) is 83.9 cm³/mol. The van der Waals surface area contributed by atoms with Crippen molar-refractivity contribution in [2.24, 2.45) is 0 Å². The molecule has 22 heavy (non-hydrogen) atoms. The molecule has 1 aromatic heterocycles. The Bertz CT molecular complexity index is 746. The van der Waals surface area contributed by atoms with E-state index in [9.17, 15) is 13.2 Å². The van der Waals surface area contributed by atoms with Gasteiger partial charge in [0.1, 0.15) is 4.90 Å². The maximum absolute atomic E-state index is 12.0. The normalized spacial score (nSPS) is 11.1. The summed E-state index contributed by atoms with van der Waals surface area (Å²) in [5, 5.41) is 2.66. The van der Waals surface area contributed by atoms with E-state index in [1.54, 1.807) is 6.07 Å². The zero-order chi connectivity index (χ0) is 16.0. The number of carbonyl (C=O) groups excluding carboxylic acids is 1. The van der Waals surface area contributed by atoms with Gasteiger partial charge in [-0.15, -0.1) is 0 Å². The van der Waals surface area contributed by atoms with Crippen LogP contribution in [-0.2, 0) is 21.2 Å². The molecule has 7 heteroatoms. The van der Waals surface area contributed by atoms with Gasteiger partial charge in [-0.2, -0.15) is 0 Å². The lowest BCUT2D eigenvalue weighted by Crippen LogP contribution is -2.32. The molecule has 2 rings (SSSR count).